The van der Waals surface area contributed by atoms with Gasteiger partial charge in [-0.2, -0.15) is 0 Å². The summed E-state index contributed by atoms with van der Waals surface area (Å²) < 4.78 is 0. The molecule has 1 saturated heterocycles. The second kappa shape index (κ2) is 5.09. The van der Waals surface area contributed by atoms with Crippen LogP contribution in [0.1, 0.15) is 35.4 Å². The second-order valence-corrected chi connectivity index (χ2v) is 8.13. The predicted octanol–water partition coefficient (Wildman–Crippen LogP) is 3.81. The average molecular weight is 354 g/mol. The molecule has 4 atom stereocenters. The maximum absolute atomic E-state index is 12.5. The first-order valence-corrected chi connectivity index (χ1v) is 9.28. The summed E-state index contributed by atoms with van der Waals surface area (Å²) in [5, 5.41) is 14.4. The van der Waals surface area contributed by atoms with E-state index in [9.17, 15) is 9.90 Å². The Morgan fingerprint density at radius 3 is 2.84 bits per heavy atom. The van der Waals surface area contributed by atoms with E-state index < -0.39 is 11.4 Å². The molecule has 4 unspecified atom stereocenters. The highest BCUT2D eigenvalue weighted by atomic mass is 35.5. The van der Waals surface area contributed by atoms with E-state index in [0.29, 0.717) is 11.6 Å². The third kappa shape index (κ3) is 1.73. The van der Waals surface area contributed by atoms with Crippen molar-refractivity contribution >= 4 is 17.6 Å². The van der Waals surface area contributed by atoms with Crippen LogP contribution in [0.5, 0.6) is 0 Å². The molecule has 2 fully saturated rings. The third-order valence-corrected chi connectivity index (χ3v) is 7.22. The maximum atomic E-state index is 12.5. The van der Waals surface area contributed by atoms with Crippen molar-refractivity contribution in [1.82, 2.24) is 5.32 Å². The smallest absolute Gasteiger partial charge is 0.311 e. The van der Waals surface area contributed by atoms with Gasteiger partial charge in [0.25, 0.3) is 0 Å². The van der Waals surface area contributed by atoms with E-state index in [0.717, 1.165) is 24.9 Å². The minimum atomic E-state index is -0.727. The van der Waals surface area contributed by atoms with Gasteiger partial charge in [-0.15, -0.1) is 0 Å². The maximum Gasteiger partial charge on any atom is 0.311 e. The van der Waals surface area contributed by atoms with Crippen molar-refractivity contribution in [2.75, 3.05) is 13.1 Å². The second-order valence-electron chi connectivity index (χ2n) is 7.69. The van der Waals surface area contributed by atoms with Crippen LogP contribution >= 0.6 is 11.6 Å². The fraction of sp³-hybridized carbons (Fsp3) is 0.381. The molecule has 0 aromatic heterocycles. The SMILES string of the molecule is O=C(O)C12CNCC1C1(c3cccc(Cl)c3)CCC2c2ccccc21. The average Bonchev–Trinajstić information content (AvgIpc) is 3.10. The summed E-state index contributed by atoms with van der Waals surface area (Å²) in [7, 11) is 0. The Balaban J connectivity index is 1.86. The lowest BCUT2D eigenvalue weighted by Gasteiger charge is -2.59. The molecular formula is C21H20ClNO2. The van der Waals surface area contributed by atoms with E-state index in [2.05, 4.69) is 29.6 Å². The zero-order valence-electron chi connectivity index (χ0n) is 13.8. The largest absolute Gasteiger partial charge is 0.481 e. The molecule has 1 aliphatic heterocycles. The first-order valence-electron chi connectivity index (χ1n) is 8.90. The number of hydrogen-bond donors (Lipinski definition) is 2. The van der Waals surface area contributed by atoms with Gasteiger partial charge in [0.1, 0.15) is 0 Å². The first-order chi connectivity index (χ1) is 12.1. The van der Waals surface area contributed by atoms with Gasteiger partial charge in [-0.05, 0) is 41.7 Å². The van der Waals surface area contributed by atoms with Crippen molar-refractivity contribution in [3.8, 4) is 0 Å². The molecule has 2 N–H and O–H groups in total. The highest BCUT2D eigenvalue weighted by Gasteiger charge is 2.68. The molecule has 6 rings (SSSR count). The molecule has 4 heteroatoms. The number of hydrogen-bond acceptors (Lipinski definition) is 2. The highest BCUT2D eigenvalue weighted by Crippen LogP contribution is 2.67. The molecule has 2 aromatic rings. The molecule has 0 radical (unpaired) electrons. The number of carbonyl (C=O) groups is 1. The molecule has 128 valence electrons. The molecule has 3 aliphatic carbocycles. The summed E-state index contributed by atoms with van der Waals surface area (Å²) in [6, 6.07) is 16.5. The minimum absolute atomic E-state index is 0.0459. The van der Waals surface area contributed by atoms with Crippen LogP contribution < -0.4 is 5.32 Å². The highest BCUT2D eigenvalue weighted by molar-refractivity contribution is 6.30. The number of benzene rings is 2. The summed E-state index contributed by atoms with van der Waals surface area (Å²) in [5.74, 6) is -0.528. The van der Waals surface area contributed by atoms with Gasteiger partial charge in [0.15, 0.2) is 0 Å². The van der Waals surface area contributed by atoms with Crippen molar-refractivity contribution in [3.05, 3.63) is 70.2 Å². The van der Waals surface area contributed by atoms with Gasteiger partial charge in [0.05, 0.1) is 5.41 Å². The number of rotatable bonds is 2. The number of aliphatic carboxylic acids is 1. The van der Waals surface area contributed by atoms with Crippen LogP contribution in [0.3, 0.4) is 0 Å². The molecule has 0 spiro atoms. The van der Waals surface area contributed by atoms with Gasteiger partial charge >= 0.3 is 5.97 Å². The monoisotopic (exact) mass is 353 g/mol. The van der Waals surface area contributed by atoms with Gasteiger partial charge in [-0.25, -0.2) is 0 Å². The zero-order chi connectivity index (χ0) is 17.2. The Labute approximate surface area is 152 Å². The van der Waals surface area contributed by atoms with E-state index in [1.54, 1.807) is 0 Å². The summed E-state index contributed by atoms with van der Waals surface area (Å²) in [4.78, 5) is 12.5. The Hall–Kier alpha value is -1.84. The molecule has 2 aromatic carbocycles. The quantitative estimate of drug-likeness (QED) is 0.863. The van der Waals surface area contributed by atoms with Gasteiger partial charge < -0.3 is 10.4 Å². The Bertz CT molecular complexity index is 882. The lowest BCUT2D eigenvalue weighted by atomic mass is 9.42. The van der Waals surface area contributed by atoms with E-state index in [1.807, 2.05) is 24.3 Å². The fourth-order valence-electron chi connectivity index (χ4n) is 6.12. The van der Waals surface area contributed by atoms with Crippen LogP contribution in [0.2, 0.25) is 5.02 Å². The van der Waals surface area contributed by atoms with E-state index in [1.165, 1.54) is 11.1 Å². The van der Waals surface area contributed by atoms with Crippen LogP contribution in [0.15, 0.2) is 48.5 Å². The molecule has 1 heterocycles. The van der Waals surface area contributed by atoms with Crippen LogP contribution in [-0.2, 0) is 10.2 Å². The van der Waals surface area contributed by atoms with Crippen LogP contribution in [0.4, 0.5) is 0 Å². The topological polar surface area (TPSA) is 49.3 Å². The molecular weight excluding hydrogens is 334 g/mol. The Morgan fingerprint density at radius 1 is 1.20 bits per heavy atom. The molecule has 4 aliphatic rings. The number of carboxylic acids is 1. The van der Waals surface area contributed by atoms with Crippen LogP contribution in [-0.4, -0.2) is 24.2 Å². The summed E-state index contributed by atoms with van der Waals surface area (Å²) in [6.45, 7) is 1.29. The van der Waals surface area contributed by atoms with E-state index in [-0.39, 0.29) is 17.3 Å². The van der Waals surface area contributed by atoms with E-state index in [4.69, 9.17) is 11.6 Å². The molecule has 25 heavy (non-hydrogen) atoms. The molecule has 0 amide bonds. The summed E-state index contributed by atoms with van der Waals surface area (Å²) in [6.07, 6.45) is 1.89. The van der Waals surface area contributed by atoms with Crippen molar-refractivity contribution < 1.29 is 9.90 Å². The van der Waals surface area contributed by atoms with Gasteiger partial charge in [-0.1, -0.05) is 48.0 Å². The zero-order valence-corrected chi connectivity index (χ0v) is 14.6. The van der Waals surface area contributed by atoms with Gasteiger partial charge in [0, 0.05) is 35.4 Å². The first kappa shape index (κ1) is 15.4. The normalized spacial score (nSPS) is 35.2. The number of nitrogens with one attached hydrogen (secondary N) is 1. The van der Waals surface area contributed by atoms with Crippen molar-refractivity contribution in [3.63, 3.8) is 0 Å². The summed E-state index contributed by atoms with van der Waals surface area (Å²) in [5.41, 5.74) is 2.67. The Kier molecular flexibility index (Phi) is 3.14. The van der Waals surface area contributed by atoms with Gasteiger partial charge in [-0.3, -0.25) is 4.79 Å². The van der Waals surface area contributed by atoms with Crippen molar-refractivity contribution in [2.24, 2.45) is 11.3 Å². The number of halogens is 1. The Morgan fingerprint density at radius 2 is 2.04 bits per heavy atom. The van der Waals surface area contributed by atoms with Crippen molar-refractivity contribution in [1.29, 1.82) is 0 Å². The third-order valence-electron chi connectivity index (χ3n) is 6.99. The van der Waals surface area contributed by atoms with Crippen molar-refractivity contribution in [2.45, 2.75) is 24.2 Å². The van der Waals surface area contributed by atoms with E-state index >= 15 is 0 Å². The summed E-state index contributed by atoms with van der Waals surface area (Å²) >= 11 is 6.33. The predicted molar refractivity (Wildman–Crippen MR) is 97.1 cm³/mol. The lowest BCUT2D eigenvalue weighted by Crippen LogP contribution is -2.60. The van der Waals surface area contributed by atoms with Gasteiger partial charge in [0.2, 0.25) is 0 Å². The standard InChI is InChI=1S/C21H20ClNO2/c22-14-5-3-4-13(10-14)20-9-8-17(15-6-1-2-7-16(15)20)21(19(24)25)12-23-11-18(20)21/h1-7,10,17-18,23H,8-9,11-12H2,(H,24,25). The fourth-order valence-corrected chi connectivity index (χ4v) is 6.31. The lowest BCUT2D eigenvalue weighted by molar-refractivity contribution is -0.157. The molecule has 2 bridgehead atoms. The number of fused-ring (bicyclic) bond motifs is 1. The van der Waals surface area contributed by atoms with Crippen LogP contribution in [0, 0.1) is 11.3 Å². The molecule has 3 nitrogen and oxygen atoms in total. The minimum Gasteiger partial charge on any atom is -0.481 e. The molecule has 1 saturated carbocycles. The van der Waals surface area contributed by atoms with Crippen LogP contribution in [0.25, 0.3) is 0 Å². The number of carboxylic acid groups (broad SMARTS) is 1.